The van der Waals surface area contributed by atoms with Crippen LogP contribution in [-0.2, 0) is 16.0 Å². The number of carbonyl (C=O) groups is 1. The number of carbonyl (C=O) groups excluding carboxylic acids is 1. The van der Waals surface area contributed by atoms with Crippen LogP contribution in [0.2, 0.25) is 0 Å². The van der Waals surface area contributed by atoms with Gasteiger partial charge in [-0.3, -0.25) is 4.79 Å². The number of hydrogen-bond donors (Lipinski definition) is 5. The molecule has 0 saturated carbocycles. The van der Waals surface area contributed by atoms with Crippen molar-refractivity contribution < 1.29 is 39.8 Å². The third-order valence-corrected chi connectivity index (χ3v) is 8.25. The van der Waals surface area contributed by atoms with Gasteiger partial charge < -0.3 is 39.9 Å². The number of aryl methyl sites for hydroxylation is 1. The summed E-state index contributed by atoms with van der Waals surface area (Å²) in [5.74, 6) is -1.63. The molecule has 9 nitrogen and oxygen atoms in total. The Hall–Kier alpha value is -3.31. The predicted octanol–water partition coefficient (Wildman–Crippen LogP) is 2.65. The summed E-state index contributed by atoms with van der Waals surface area (Å²) in [6.07, 6.45) is -5.38. The molecule has 0 radical (unpaired) electrons. The topological polar surface area (TPSA) is 140 Å². The fraction of sp³-hybridized carbons (Fsp3) is 0.406. The Labute approximate surface area is 239 Å². The maximum Gasteiger partial charge on any atom is 0.233 e. The SMILES string of the molecule is COc1ccc(N2C(=O)[C@H](CCCc3ccccc3)[C@H]2c2ccc(C(O)[C@H]3O[C@](C)(O)[C@H](O)[C@@H](O)[C@@H]3O)cc2)cc1. The van der Waals surface area contributed by atoms with Crippen molar-refractivity contribution in [2.75, 3.05) is 12.0 Å². The van der Waals surface area contributed by atoms with Gasteiger partial charge >= 0.3 is 0 Å². The predicted molar refractivity (Wildman–Crippen MR) is 151 cm³/mol. The lowest BCUT2D eigenvalue weighted by molar-refractivity contribution is -0.349. The van der Waals surface area contributed by atoms with E-state index in [1.54, 1.807) is 24.1 Å². The van der Waals surface area contributed by atoms with Crippen molar-refractivity contribution in [2.45, 2.75) is 68.5 Å². The van der Waals surface area contributed by atoms with Gasteiger partial charge in [0.15, 0.2) is 5.79 Å². The van der Waals surface area contributed by atoms with Gasteiger partial charge in [0.2, 0.25) is 5.91 Å². The number of benzene rings is 3. The van der Waals surface area contributed by atoms with Gasteiger partial charge in [0.05, 0.1) is 19.1 Å². The highest BCUT2D eigenvalue weighted by Gasteiger charge is 2.52. The lowest BCUT2D eigenvalue weighted by atomic mass is 9.78. The normalized spacial score (nSPS) is 30.5. The summed E-state index contributed by atoms with van der Waals surface area (Å²) in [6, 6.07) is 24.3. The molecule has 41 heavy (non-hydrogen) atoms. The van der Waals surface area contributed by atoms with E-state index < -0.39 is 36.3 Å². The van der Waals surface area contributed by atoms with Crippen molar-refractivity contribution in [1.82, 2.24) is 0 Å². The van der Waals surface area contributed by atoms with Crippen LogP contribution in [0.5, 0.6) is 5.75 Å². The van der Waals surface area contributed by atoms with Gasteiger partial charge in [0.25, 0.3) is 0 Å². The molecule has 0 spiro atoms. The van der Waals surface area contributed by atoms with E-state index in [1.807, 2.05) is 54.6 Å². The number of aliphatic hydroxyl groups excluding tert-OH is 4. The van der Waals surface area contributed by atoms with Crippen molar-refractivity contribution in [1.29, 1.82) is 0 Å². The molecule has 1 amide bonds. The summed E-state index contributed by atoms with van der Waals surface area (Å²) in [5.41, 5.74) is 3.26. The van der Waals surface area contributed by atoms with E-state index in [0.29, 0.717) is 17.7 Å². The Bertz CT molecular complexity index is 1310. The lowest BCUT2D eigenvalue weighted by Crippen LogP contribution is -2.64. The molecule has 2 saturated heterocycles. The molecule has 3 aromatic rings. The van der Waals surface area contributed by atoms with Crippen molar-refractivity contribution in [3.63, 3.8) is 0 Å². The second-order valence-electron chi connectivity index (χ2n) is 11.0. The van der Waals surface area contributed by atoms with E-state index >= 15 is 0 Å². The highest BCUT2D eigenvalue weighted by molar-refractivity contribution is 6.03. The molecular formula is C32H37NO8. The van der Waals surface area contributed by atoms with Crippen molar-refractivity contribution in [2.24, 2.45) is 5.92 Å². The van der Waals surface area contributed by atoms with E-state index in [4.69, 9.17) is 9.47 Å². The first-order valence-electron chi connectivity index (χ1n) is 13.9. The van der Waals surface area contributed by atoms with Gasteiger partial charge in [-0.15, -0.1) is 0 Å². The standard InChI is InChI=1S/C32H37NO8/c1-32(39)30(37)28(36)27(35)29(41-32)26(34)21-13-11-20(12-14-21)25-24(10-6-9-19-7-4-3-5-8-19)31(38)33(25)22-15-17-23(40-2)18-16-22/h3-5,7-8,11-18,24-30,34-37,39H,6,9-10H2,1-2H3/t24-,25-,26?,27+,28+,29-,30-,32+/m1/s1. The van der Waals surface area contributed by atoms with Crippen LogP contribution in [0.25, 0.3) is 0 Å². The maximum atomic E-state index is 13.4. The summed E-state index contributed by atoms with van der Waals surface area (Å²) in [5, 5.41) is 51.9. The number of aliphatic hydroxyl groups is 5. The van der Waals surface area contributed by atoms with E-state index in [-0.39, 0.29) is 17.9 Å². The molecule has 0 bridgehead atoms. The van der Waals surface area contributed by atoms with Gasteiger partial charge in [0, 0.05) is 5.69 Å². The minimum absolute atomic E-state index is 0.0471. The lowest BCUT2D eigenvalue weighted by Gasteiger charge is -2.48. The molecular weight excluding hydrogens is 526 g/mol. The van der Waals surface area contributed by atoms with Crippen molar-refractivity contribution in [3.8, 4) is 5.75 Å². The number of rotatable bonds is 9. The van der Waals surface area contributed by atoms with Crippen LogP contribution in [0.4, 0.5) is 5.69 Å². The molecule has 9 heteroatoms. The van der Waals surface area contributed by atoms with E-state index in [0.717, 1.165) is 31.0 Å². The number of hydrogen-bond acceptors (Lipinski definition) is 8. The molecule has 5 rings (SSSR count). The highest BCUT2D eigenvalue weighted by atomic mass is 16.7. The van der Waals surface area contributed by atoms with E-state index in [9.17, 15) is 30.3 Å². The van der Waals surface area contributed by atoms with Crippen LogP contribution in [0.3, 0.4) is 0 Å². The summed E-state index contributed by atoms with van der Waals surface area (Å²) in [7, 11) is 1.59. The van der Waals surface area contributed by atoms with E-state index in [2.05, 4.69) is 12.1 Å². The van der Waals surface area contributed by atoms with E-state index in [1.165, 1.54) is 5.56 Å². The molecule has 5 N–H and O–H groups in total. The zero-order valence-electron chi connectivity index (χ0n) is 23.1. The Morgan fingerprint density at radius 3 is 2.24 bits per heavy atom. The molecule has 2 heterocycles. The first-order valence-corrected chi connectivity index (χ1v) is 13.9. The second-order valence-corrected chi connectivity index (χ2v) is 11.0. The van der Waals surface area contributed by atoms with Crippen molar-refractivity contribution in [3.05, 3.63) is 95.6 Å². The summed E-state index contributed by atoms with van der Waals surface area (Å²) < 4.78 is 10.7. The Morgan fingerprint density at radius 1 is 0.951 bits per heavy atom. The molecule has 2 aliphatic heterocycles. The van der Waals surface area contributed by atoms with Crippen LogP contribution < -0.4 is 9.64 Å². The number of anilines is 1. The zero-order chi connectivity index (χ0) is 29.3. The van der Waals surface area contributed by atoms with Crippen LogP contribution in [-0.4, -0.2) is 68.8 Å². The summed E-state index contributed by atoms with van der Waals surface area (Å²) >= 11 is 0. The van der Waals surface area contributed by atoms with Gasteiger partial charge in [0.1, 0.15) is 36.3 Å². The first kappa shape index (κ1) is 29.2. The summed E-state index contributed by atoms with van der Waals surface area (Å²) in [6.45, 7) is 1.16. The van der Waals surface area contributed by atoms with Crippen LogP contribution in [0, 0.1) is 5.92 Å². The highest BCUT2D eigenvalue weighted by Crippen LogP contribution is 2.46. The number of β-lactam (4-membered cyclic amide) rings is 1. The molecule has 2 fully saturated rings. The van der Waals surface area contributed by atoms with Crippen LogP contribution in [0.1, 0.15) is 48.6 Å². The maximum absolute atomic E-state index is 13.4. The van der Waals surface area contributed by atoms with Gasteiger partial charge in [-0.2, -0.15) is 0 Å². The Balaban J connectivity index is 1.36. The molecule has 8 atom stereocenters. The average Bonchev–Trinajstić information content (AvgIpc) is 2.99. The average molecular weight is 564 g/mol. The summed E-state index contributed by atoms with van der Waals surface area (Å²) in [4.78, 5) is 15.2. The first-order chi connectivity index (χ1) is 19.6. The molecule has 1 unspecified atom stereocenters. The third-order valence-electron chi connectivity index (χ3n) is 8.25. The molecule has 3 aromatic carbocycles. The largest absolute Gasteiger partial charge is 0.497 e. The van der Waals surface area contributed by atoms with Gasteiger partial charge in [-0.1, -0.05) is 54.6 Å². The van der Waals surface area contributed by atoms with Gasteiger partial charge in [-0.25, -0.2) is 0 Å². The van der Waals surface area contributed by atoms with Crippen LogP contribution in [0.15, 0.2) is 78.9 Å². The van der Waals surface area contributed by atoms with Gasteiger partial charge in [-0.05, 0) is 67.1 Å². The minimum atomic E-state index is -2.15. The number of amides is 1. The Kier molecular flexibility index (Phi) is 8.47. The molecule has 0 aliphatic carbocycles. The zero-order valence-corrected chi connectivity index (χ0v) is 23.1. The molecule has 218 valence electrons. The van der Waals surface area contributed by atoms with Crippen molar-refractivity contribution >= 4 is 11.6 Å². The monoisotopic (exact) mass is 563 g/mol. The molecule has 0 aromatic heterocycles. The number of ether oxygens (including phenoxy) is 2. The smallest absolute Gasteiger partial charge is 0.233 e. The second kappa shape index (κ2) is 11.9. The number of nitrogens with zero attached hydrogens (tertiary/aromatic N) is 1. The fourth-order valence-electron chi connectivity index (χ4n) is 5.86. The fourth-order valence-corrected chi connectivity index (χ4v) is 5.86. The minimum Gasteiger partial charge on any atom is -0.497 e. The molecule has 2 aliphatic rings. The quantitative estimate of drug-likeness (QED) is 0.251. The Morgan fingerprint density at radius 2 is 1.61 bits per heavy atom. The third kappa shape index (κ3) is 5.74. The number of methoxy groups -OCH3 is 1. The van der Waals surface area contributed by atoms with Crippen LogP contribution >= 0.6 is 0 Å².